The van der Waals surface area contributed by atoms with Gasteiger partial charge in [-0.1, -0.05) is 25.1 Å². The fraction of sp³-hybridized carbons (Fsp3) is 0.200. The number of aromatic hydroxyl groups is 1. The molecule has 1 saturated heterocycles. The third-order valence-electron chi connectivity index (χ3n) is 4.18. The van der Waals surface area contributed by atoms with E-state index in [1.54, 1.807) is 18.2 Å². The lowest BCUT2D eigenvalue weighted by atomic mass is 10.1. The summed E-state index contributed by atoms with van der Waals surface area (Å²) in [6.07, 6.45) is 2.57. The number of hydrogen-bond acceptors (Lipinski definition) is 6. The van der Waals surface area contributed by atoms with Crippen LogP contribution >= 0.6 is 11.8 Å². The number of carbonyl (C=O) groups is 2. The lowest BCUT2D eigenvalue weighted by Crippen LogP contribution is -2.33. The maximum absolute atomic E-state index is 12.6. The van der Waals surface area contributed by atoms with Crippen LogP contribution in [0.3, 0.4) is 0 Å². The second-order valence-electron chi connectivity index (χ2n) is 5.93. The first kappa shape index (κ1) is 18.8. The molecule has 0 saturated carbocycles. The van der Waals surface area contributed by atoms with E-state index in [-0.39, 0.29) is 23.6 Å². The Morgan fingerprint density at radius 1 is 1.19 bits per heavy atom. The number of aryl methyl sites for hydroxylation is 1. The highest BCUT2D eigenvalue weighted by atomic mass is 32.2. The van der Waals surface area contributed by atoms with Gasteiger partial charge in [-0.15, -0.1) is 0 Å². The van der Waals surface area contributed by atoms with E-state index in [1.165, 1.54) is 23.6 Å². The Balaban J connectivity index is 1.70. The first-order chi connectivity index (χ1) is 13.0. The maximum atomic E-state index is 12.6. The topological polar surface area (TPSA) is 78.9 Å². The Morgan fingerprint density at radius 3 is 2.59 bits per heavy atom. The van der Waals surface area contributed by atoms with Crippen molar-refractivity contribution < 1.29 is 19.4 Å². The Bertz CT molecular complexity index is 893. The monoisotopic (exact) mass is 384 g/mol. The smallest absolute Gasteiger partial charge is 0.295 e. The zero-order valence-corrected chi connectivity index (χ0v) is 15.9. The molecule has 2 amide bonds. The summed E-state index contributed by atoms with van der Waals surface area (Å²) in [5.74, 6) is -0.0315. The number of imide groups is 1. The third-order valence-corrected chi connectivity index (χ3v) is 5.09. The van der Waals surface area contributed by atoms with Gasteiger partial charge in [0.05, 0.1) is 18.7 Å². The molecule has 2 aromatic rings. The first-order valence-corrected chi connectivity index (χ1v) is 9.28. The van der Waals surface area contributed by atoms with E-state index in [2.05, 4.69) is 12.2 Å². The van der Waals surface area contributed by atoms with Crippen molar-refractivity contribution in [2.45, 2.75) is 13.3 Å². The standard InChI is InChI=1S/C20H20N2O4S/c1-3-13-4-7-15(8-5-13)21-12-22-19(24)18(27-20(22)25)11-14-6-9-16(23)17(10-14)26-2/h4-11,21,23H,3,12H2,1-2H3/b18-11-. The lowest BCUT2D eigenvalue weighted by Gasteiger charge is -2.14. The Labute approximate surface area is 161 Å². The Hall–Kier alpha value is -2.93. The third kappa shape index (κ3) is 4.25. The molecule has 2 N–H and O–H groups in total. The van der Waals surface area contributed by atoms with Crippen LogP contribution in [0.25, 0.3) is 6.08 Å². The maximum Gasteiger partial charge on any atom is 0.295 e. The summed E-state index contributed by atoms with van der Waals surface area (Å²) in [5, 5.41) is 12.4. The highest BCUT2D eigenvalue weighted by Crippen LogP contribution is 2.34. The van der Waals surface area contributed by atoms with Gasteiger partial charge in [-0.05, 0) is 59.7 Å². The van der Waals surface area contributed by atoms with E-state index in [1.807, 2.05) is 24.3 Å². The van der Waals surface area contributed by atoms with E-state index < -0.39 is 0 Å². The zero-order chi connectivity index (χ0) is 19.4. The van der Waals surface area contributed by atoms with E-state index in [0.29, 0.717) is 16.2 Å². The average molecular weight is 384 g/mol. The lowest BCUT2D eigenvalue weighted by molar-refractivity contribution is -0.122. The molecule has 0 spiro atoms. The molecule has 1 fully saturated rings. The van der Waals surface area contributed by atoms with Crippen molar-refractivity contribution in [1.29, 1.82) is 0 Å². The quantitative estimate of drug-likeness (QED) is 0.731. The minimum Gasteiger partial charge on any atom is -0.504 e. The fourth-order valence-electron chi connectivity index (χ4n) is 2.60. The first-order valence-electron chi connectivity index (χ1n) is 8.47. The van der Waals surface area contributed by atoms with Crippen molar-refractivity contribution in [3.05, 3.63) is 58.5 Å². The average Bonchev–Trinajstić information content (AvgIpc) is 2.95. The summed E-state index contributed by atoms with van der Waals surface area (Å²) in [6, 6.07) is 12.6. The Morgan fingerprint density at radius 2 is 1.93 bits per heavy atom. The number of carbonyl (C=O) groups excluding carboxylic acids is 2. The van der Waals surface area contributed by atoms with Crippen molar-refractivity contribution in [2.75, 3.05) is 19.1 Å². The van der Waals surface area contributed by atoms with Crippen LogP contribution in [0.1, 0.15) is 18.1 Å². The van der Waals surface area contributed by atoms with E-state index in [4.69, 9.17) is 4.74 Å². The number of anilines is 1. The molecule has 0 bridgehead atoms. The van der Waals surface area contributed by atoms with Gasteiger partial charge in [-0.3, -0.25) is 14.5 Å². The molecule has 0 atom stereocenters. The molecule has 140 valence electrons. The highest BCUT2D eigenvalue weighted by Gasteiger charge is 2.34. The Kier molecular flexibility index (Phi) is 5.71. The molecule has 27 heavy (non-hydrogen) atoms. The van der Waals surface area contributed by atoms with E-state index in [0.717, 1.165) is 23.9 Å². The van der Waals surface area contributed by atoms with Gasteiger partial charge in [0.1, 0.15) is 0 Å². The molecule has 0 radical (unpaired) electrons. The van der Waals surface area contributed by atoms with Crippen LogP contribution in [-0.4, -0.2) is 34.9 Å². The van der Waals surface area contributed by atoms with Gasteiger partial charge in [0.25, 0.3) is 11.1 Å². The normalized spacial score (nSPS) is 15.5. The van der Waals surface area contributed by atoms with E-state index >= 15 is 0 Å². The van der Waals surface area contributed by atoms with Crippen LogP contribution < -0.4 is 10.1 Å². The second-order valence-corrected chi connectivity index (χ2v) is 6.92. The van der Waals surface area contributed by atoms with Gasteiger partial charge in [-0.2, -0.15) is 0 Å². The second kappa shape index (κ2) is 8.18. The van der Waals surface area contributed by atoms with Crippen molar-refractivity contribution in [2.24, 2.45) is 0 Å². The van der Waals surface area contributed by atoms with Crippen LogP contribution in [0.4, 0.5) is 10.5 Å². The van der Waals surface area contributed by atoms with Crippen molar-refractivity contribution >= 4 is 34.7 Å². The molecule has 1 aliphatic heterocycles. The molecule has 6 nitrogen and oxygen atoms in total. The number of nitrogens with one attached hydrogen (secondary N) is 1. The highest BCUT2D eigenvalue weighted by molar-refractivity contribution is 8.18. The number of ether oxygens (including phenoxy) is 1. The molecular formula is C20H20N2O4S. The van der Waals surface area contributed by atoms with Crippen LogP contribution in [-0.2, 0) is 11.2 Å². The van der Waals surface area contributed by atoms with Crippen molar-refractivity contribution in [3.8, 4) is 11.5 Å². The number of benzene rings is 2. The number of rotatable bonds is 6. The largest absolute Gasteiger partial charge is 0.504 e. The molecule has 0 unspecified atom stereocenters. The van der Waals surface area contributed by atoms with Gasteiger partial charge in [0.2, 0.25) is 0 Å². The minimum atomic E-state index is -0.352. The van der Waals surface area contributed by atoms with Crippen molar-refractivity contribution in [1.82, 2.24) is 4.90 Å². The van der Waals surface area contributed by atoms with Crippen molar-refractivity contribution in [3.63, 3.8) is 0 Å². The van der Waals surface area contributed by atoms with E-state index in [9.17, 15) is 14.7 Å². The molecular weight excluding hydrogens is 364 g/mol. The number of phenols is 1. The fourth-order valence-corrected chi connectivity index (χ4v) is 3.44. The SMILES string of the molecule is CCc1ccc(NCN2C(=O)S/C(=C\c3ccc(O)c(OC)c3)C2=O)cc1. The van der Waals surface area contributed by atoms with Gasteiger partial charge in [0, 0.05) is 5.69 Å². The molecule has 7 heteroatoms. The van der Waals surface area contributed by atoms with Crippen LogP contribution in [0.5, 0.6) is 11.5 Å². The molecule has 3 rings (SSSR count). The minimum absolute atomic E-state index is 0.0149. The number of nitrogens with zero attached hydrogens (tertiary/aromatic N) is 1. The van der Waals surface area contributed by atoms with Crippen LogP contribution in [0, 0.1) is 0 Å². The number of thioether (sulfide) groups is 1. The molecule has 1 aliphatic rings. The zero-order valence-electron chi connectivity index (χ0n) is 15.1. The van der Waals surface area contributed by atoms with Gasteiger partial charge >= 0.3 is 0 Å². The molecule has 1 heterocycles. The molecule has 0 aliphatic carbocycles. The summed E-state index contributed by atoms with van der Waals surface area (Å²) < 4.78 is 5.06. The predicted molar refractivity (Wildman–Crippen MR) is 107 cm³/mol. The van der Waals surface area contributed by atoms with Crippen LogP contribution in [0.15, 0.2) is 47.4 Å². The number of phenolic OH excluding ortho intramolecular Hbond substituents is 1. The predicted octanol–water partition coefficient (Wildman–Crippen LogP) is 4.07. The molecule has 2 aromatic carbocycles. The van der Waals surface area contributed by atoms with Gasteiger partial charge in [-0.25, -0.2) is 0 Å². The summed E-state index contributed by atoms with van der Waals surface area (Å²) >= 11 is 0.891. The number of hydrogen-bond donors (Lipinski definition) is 2. The summed E-state index contributed by atoms with van der Waals surface area (Å²) in [7, 11) is 1.45. The summed E-state index contributed by atoms with van der Waals surface area (Å²) in [6.45, 7) is 2.19. The number of amides is 2. The van der Waals surface area contributed by atoms with Gasteiger partial charge < -0.3 is 15.2 Å². The summed E-state index contributed by atoms with van der Waals surface area (Å²) in [5.41, 5.74) is 2.73. The van der Waals surface area contributed by atoms with Crippen LogP contribution in [0.2, 0.25) is 0 Å². The summed E-state index contributed by atoms with van der Waals surface area (Å²) in [4.78, 5) is 26.3. The van der Waals surface area contributed by atoms with Gasteiger partial charge in [0.15, 0.2) is 11.5 Å². The molecule has 0 aromatic heterocycles. The number of methoxy groups -OCH3 is 1.